The van der Waals surface area contributed by atoms with Crippen LogP contribution in [0.4, 0.5) is 0 Å². The second-order valence-corrected chi connectivity index (χ2v) is 19.3. The van der Waals surface area contributed by atoms with E-state index >= 15 is 0 Å². The molecule has 0 aliphatic rings. The quantitative estimate of drug-likeness (QED) is 0.498. The maximum atomic E-state index is 2.49. The fourth-order valence-electron chi connectivity index (χ4n) is 3.31. The summed E-state index contributed by atoms with van der Waals surface area (Å²) in [6.45, 7) is 11.4. The molecule has 0 amide bonds. The number of rotatable bonds is 4. The van der Waals surface area contributed by atoms with Gasteiger partial charge in [0.15, 0.2) is 0 Å². The van der Waals surface area contributed by atoms with E-state index in [2.05, 4.69) is 94.0 Å². The SMILES string of the molecule is Cc1ccc(C(C)C)cc1-c1cc(C(C)C)[c]([Ge]([CH3])([CH3])[CH3])c[n+]1C. The zero-order valence-corrected chi connectivity index (χ0v) is 19.1. The summed E-state index contributed by atoms with van der Waals surface area (Å²) in [5, 5.41) is 0. The Bertz CT molecular complexity index is 736. The number of hydrogen-bond donors (Lipinski definition) is 0. The number of benzene rings is 1. The van der Waals surface area contributed by atoms with Gasteiger partial charge in [-0.05, 0) is 0 Å². The summed E-state index contributed by atoms with van der Waals surface area (Å²) in [7, 11) is 2.21. The van der Waals surface area contributed by atoms with Crippen LogP contribution in [0.2, 0.25) is 17.3 Å². The molecule has 2 rings (SSSR count). The minimum atomic E-state index is -1.89. The van der Waals surface area contributed by atoms with Gasteiger partial charge in [-0.15, -0.1) is 0 Å². The van der Waals surface area contributed by atoms with Crippen LogP contribution in [0, 0.1) is 6.92 Å². The molecule has 0 aliphatic carbocycles. The number of pyridine rings is 1. The van der Waals surface area contributed by atoms with Crippen LogP contribution in [0.15, 0.2) is 30.5 Å². The van der Waals surface area contributed by atoms with E-state index < -0.39 is 13.3 Å². The molecule has 0 bridgehead atoms. The molecule has 0 atom stereocenters. The van der Waals surface area contributed by atoms with Crippen molar-refractivity contribution in [2.75, 3.05) is 0 Å². The van der Waals surface area contributed by atoms with Crippen LogP contribution in [0.1, 0.15) is 56.2 Å². The van der Waals surface area contributed by atoms with Crippen molar-refractivity contribution in [1.82, 2.24) is 0 Å². The molecular weight excluding hydrogens is 351 g/mol. The van der Waals surface area contributed by atoms with Crippen LogP contribution in [-0.4, -0.2) is 13.3 Å². The summed E-state index contributed by atoms with van der Waals surface area (Å²) in [6, 6.07) is 9.39. The first-order chi connectivity index (χ1) is 11.0. The Morgan fingerprint density at radius 2 is 1.54 bits per heavy atom. The predicted molar refractivity (Wildman–Crippen MR) is 109 cm³/mol. The van der Waals surface area contributed by atoms with E-state index in [-0.39, 0.29) is 0 Å². The summed E-state index contributed by atoms with van der Waals surface area (Å²) in [6.07, 6.45) is 2.42. The van der Waals surface area contributed by atoms with E-state index in [0.29, 0.717) is 11.8 Å². The minimum absolute atomic E-state index is 0.558. The molecule has 0 aliphatic heterocycles. The predicted octanol–water partition coefficient (Wildman–Crippen LogP) is 5.28. The summed E-state index contributed by atoms with van der Waals surface area (Å²) < 4.78 is 3.98. The number of aryl methyl sites for hydroxylation is 2. The average Bonchev–Trinajstić information content (AvgIpc) is 2.46. The molecule has 0 saturated heterocycles. The van der Waals surface area contributed by atoms with Crippen LogP contribution in [0.5, 0.6) is 0 Å². The molecule has 24 heavy (non-hydrogen) atoms. The molecule has 1 nitrogen and oxygen atoms in total. The average molecular weight is 385 g/mol. The van der Waals surface area contributed by atoms with Gasteiger partial charge in [0.05, 0.1) is 0 Å². The van der Waals surface area contributed by atoms with Crippen molar-refractivity contribution in [1.29, 1.82) is 0 Å². The van der Waals surface area contributed by atoms with Gasteiger partial charge in [-0.3, -0.25) is 0 Å². The monoisotopic (exact) mass is 386 g/mol. The molecule has 1 heterocycles. The third-order valence-corrected chi connectivity index (χ3v) is 9.21. The van der Waals surface area contributed by atoms with Crippen molar-refractivity contribution in [2.24, 2.45) is 7.05 Å². The topological polar surface area (TPSA) is 3.88 Å². The molecule has 0 fully saturated rings. The third-order valence-electron chi connectivity index (χ3n) is 4.94. The van der Waals surface area contributed by atoms with Crippen molar-refractivity contribution >= 4 is 17.7 Å². The summed E-state index contributed by atoms with van der Waals surface area (Å²) in [5.74, 6) is 8.60. The normalized spacial score (nSPS) is 12.3. The van der Waals surface area contributed by atoms with Crippen molar-refractivity contribution < 1.29 is 4.57 Å². The second kappa shape index (κ2) is 7.03. The summed E-state index contributed by atoms with van der Waals surface area (Å²) in [5.41, 5.74) is 7.03. The Kier molecular flexibility index (Phi) is 5.64. The van der Waals surface area contributed by atoms with E-state index in [9.17, 15) is 0 Å². The number of nitrogens with zero attached hydrogens (tertiary/aromatic N) is 1. The Balaban J connectivity index is 2.73. The van der Waals surface area contributed by atoms with Crippen LogP contribution in [-0.2, 0) is 7.05 Å². The van der Waals surface area contributed by atoms with Crippen molar-refractivity contribution in [3.8, 4) is 11.3 Å². The first kappa shape index (κ1) is 19.2. The van der Waals surface area contributed by atoms with E-state index in [4.69, 9.17) is 0 Å². The van der Waals surface area contributed by atoms with Gasteiger partial charge in [-0.25, -0.2) is 0 Å². The summed E-state index contributed by atoms with van der Waals surface area (Å²) in [4.78, 5) is 0. The molecular formula is C22H34GeN+. The van der Waals surface area contributed by atoms with Crippen LogP contribution >= 0.6 is 0 Å². The van der Waals surface area contributed by atoms with Gasteiger partial charge in [0.1, 0.15) is 0 Å². The zero-order chi connectivity index (χ0) is 18.2. The molecule has 1 aromatic heterocycles. The molecule has 0 radical (unpaired) electrons. The van der Waals surface area contributed by atoms with E-state index in [1.807, 2.05) is 0 Å². The standard InChI is InChI=1S/C22H34GeN/c1-15(2)18-11-10-17(5)20(12-18)22-13-19(16(3)4)21(14-24(22)9)23(6,7)8/h10-16H,1-9H3/q+1. The van der Waals surface area contributed by atoms with Crippen LogP contribution in [0.3, 0.4) is 0 Å². The van der Waals surface area contributed by atoms with Gasteiger partial charge in [-0.1, -0.05) is 0 Å². The number of aromatic nitrogens is 1. The number of hydrogen-bond acceptors (Lipinski definition) is 0. The molecule has 0 spiro atoms. The second-order valence-electron chi connectivity index (χ2n) is 8.77. The van der Waals surface area contributed by atoms with E-state index in [1.54, 1.807) is 9.96 Å². The van der Waals surface area contributed by atoms with Crippen LogP contribution < -0.4 is 8.96 Å². The fraction of sp³-hybridized carbons (Fsp3) is 0.500. The molecule has 0 N–H and O–H groups in total. The zero-order valence-electron chi connectivity index (χ0n) is 17.0. The molecule has 2 heteroatoms. The molecule has 2 aromatic rings. The first-order valence-electron chi connectivity index (χ1n) is 9.17. The molecule has 130 valence electrons. The maximum absolute atomic E-state index is 2.49. The fourth-order valence-corrected chi connectivity index (χ4v) is 7.10. The van der Waals surface area contributed by atoms with Gasteiger partial charge < -0.3 is 0 Å². The molecule has 1 aromatic carbocycles. The Labute approximate surface area is 151 Å². The Morgan fingerprint density at radius 3 is 2.04 bits per heavy atom. The first-order valence-corrected chi connectivity index (χ1v) is 16.5. The Morgan fingerprint density at radius 1 is 0.917 bits per heavy atom. The molecule has 0 saturated carbocycles. The van der Waals surface area contributed by atoms with Crippen molar-refractivity contribution in [3.63, 3.8) is 0 Å². The van der Waals surface area contributed by atoms with Gasteiger partial charge >= 0.3 is 151 Å². The molecule has 0 unspecified atom stereocenters. The van der Waals surface area contributed by atoms with Crippen molar-refractivity contribution in [2.45, 2.75) is 63.7 Å². The van der Waals surface area contributed by atoms with Gasteiger partial charge in [0.25, 0.3) is 0 Å². The van der Waals surface area contributed by atoms with Crippen LogP contribution in [0.25, 0.3) is 11.3 Å². The third kappa shape index (κ3) is 3.93. The van der Waals surface area contributed by atoms with Gasteiger partial charge in [0, 0.05) is 0 Å². The van der Waals surface area contributed by atoms with Gasteiger partial charge in [0.2, 0.25) is 0 Å². The van der Waals surface area contributed by atoms with E-state index in [1.165, 1.54) is 22.4 Å². The van der Waals surface area contributed by atoms with E-state index in [0.717, 1.165) is 0 Å². The van der Waals surface area contributed by atoms with Gasteiger partial charge in [-0.2, -0.15) is 0 Å². The Hall–Kier alpha value is -1.09. The van der Waals surface area contributed by atoms with Crippen molar-refractivity contribution in [3.05, 3.63) is 47.2 Å². The summed E-state index contributed by atoms with van der Waals surface area (Å²) >= 11 is -1.89.